The highest BCUT2D eigenvalue weighted by atomic mass is 35.5. The van der Waals surface area contributed by atoms with Crippen LogP contribution in [0.5, 0.6) is 5.75 Å². The fraction of sp³-hybridized carbons (Fsp3) is 0.417. The summed E-state index contributed by atoms with van der Waals surface area (Å²) in [5, 5.41) is 9.27. The van der Waals surface area contributed by atoms with Crippen LogP contribution in [-0.2, 0) is 4.79 Å². The maximum Gasteiger partial charge on any atom is 0.282 e. The summed E-state index contributed by atoms with van der Waals surface area (Å²) < 4.78 is 5.59. The summed E-state index contributed by atoms with van der Waals surface area (Å²) in [7, 11) is 0. The molecule has 2 aliphatic rings. The molecule has 7 heteroatoms. The lowest BCUT2D eigenvalue weighted by atomic mass is 9.91. The smallest absolute Gasteiger partial charge is 0.282 e. The maximum absolute atomic E-state index is 13.1. The molecule has 0 saturated carbocycles. The van der Waals surface area contributed by atoms with Crippen molar-refractivity contribution >= 4 is 28.9 Å². The largest absolute Gasteiger partial charge is 0.494 e. The molecule has 2 aromatic carbocycles. The van der Waals surface area contributed by atoms with Gasteiger partial charge in [-0.25, -0.2) is 5.01 Å². The van der Waals surface area contributed by atoms with E-state index in [1.807, 2.05) is 72.4 Å². The van der Waals surface area contributed by atoms with Gasteiger partial charge in [0.15, 0.2) is 0 Å². The van der Waals surface area contributed by atoms with Crippen molar-refractivity contribution in [3.63, 3.8) is 0 Å². The molecule has 1 amide bonds. The summed E-state index contributed by atoms with van der Waals surface area (Å²) >= 11 is 6.51. The first kappa shape index (κ1) is 21.7. The van der Waals surface area contributed by atoms with Crippen LogP contribution in [0.4, 0.5) is 5.69 Å². The number of hydrazine groups is 1. The fourth-order valence-electron chi connectivity index (χ4n) is 4.29. The number of hydrogen-bond acceptors (Lipinski definition) is 5. The maximum atomic E-state index is 13.1. The number of halogens is 1. The van der Waals surface area contributed by atoms with Crippen LogP contribution in [-0.4, -0.2) is 36.3 Å². The summed E-state index contributed by atoms with van der Waals surface area (Å²) in [6.07, 6.45) is 3.41. The van der Waals surface area contributed by atoms with Gasteiger partial charge in [0.1, 0.15) is 11.5 Å². The Labute approximate surface area is 188 Å². The minimum absolute atomic E-state index is 0.112. The molecule has 2 unspecified atom stereocenters. The molecule has 1 N–H and O–H groups in total. The van der Waals surface area contributed by atoms with E-state index in [2.05, 4.69) is 5.43 Å². The van der Waals surface area contributed by atoms with E-state index < -0.39 is 0 Å². The normalized spacial score (nSPS) is 21.6. The molecule has 1 fully saturated rings. The van der Waals surface area contributed by atoms with E-state index in [9.17, 15) is 4.79 Å². The minimum atomic E-state index is -0.141. The Hall–Kier alpha value is -2.57. The summed E-state index contributed by atoms with van der Waals surface area (Å²) in [6.45, 7) is 6.39. The van der Waals surface area contributed by atoms with Crippen molar-refractivity contribution in [3.8, 4) is 5.75 Å². The molecule has 0 radical (unpaired) electrons. The van der Waals surface area contributed by atoms with Gasteiger partial charge in [-0.2, -0.15) is 5.10 Å². The number of nitrogens with zero attached hydrogens (tertiary/aromatic N) is 3. The second-order valence-electron chi connectivity index (χ2n) is 8.01. The quantitative estimate of drug-likeness (QED) is 0.700. The van der Waals surface area contributed by atoms with Crippen LogP contribution in [0, 0.1) is 5.92 Å². The summed E-state index contributed by atoms with van der Waals surface area (Å²) in [4.78, 5) is 13.1. The van der Waals surface area contributed by atoms with E-state index >= 15 is 0 Å². The Bertz CT molecular complexity index is 941. The van der Waals surface area contributed by atoms with Crippen LogP contribution in [0.2, 0.25) is 5.02 Å². The van der Waals surface area contributed by atoms with Crippen LogP contribution in [0.15, 0.2) is 53.6 Å². The van der Waals surface area contributed by atoms with E-state index in [-0.39, 0.29) is 17.9 Å². The number of carbonyl (C=O) groups excluding carboxylic acids is 1. The first-order chi connectivity index (χ1) is 15.1. The van der Waals surface area contributed by atoms with E-state index in [1.165, 1.54) is 6.42 Å². The van der Waals surface area contributed by atoms with E-state index in [0.717, 1.165) is 42.9 Å². The number of para-hydroxylation sites is 1. The number of piperidine rings is 1. The second kappa shape index (κ2) is 9.71. The van der Waals surface area contributed by atoms with Gasteiger partial charge in [-0.05, 0) is 49.6 Å². The lowest BCUT2D eigenvalue weighted by Crippen LogP contribution is -2.48. The van der Waals surface area contributed by atoms with Gasteiger partial charge < -0.3 is 4.74 Å². The molecule has 2 atom stereocenters. The number of ether oxygens (including phenoxy) is 1. The topological polar surface area (TPSA) is 57.2 Å². The van der Waals surface area contributed by atoms with Crippen molar-refractivity contribution in [2.75, 3.05) is 24.7 Å². The Morgan fingerprint density at radius 2 is 1.84 bits per heavy atom. The zero-order valence-electron chi connectivity index (χ0n) is 18.1. The van der Waals surface area contributed by atoms with Crippen molar-refractivity contribution in [2.45, 2.75) is 39.2 Å². The summed E-state index contributed by atoms with van der Waals surface area (Å²) in [6, 6.07) is 15.5. The van der Waals surface area contributed by atoms with Crippen molar-refractivity contribution < 1.29 is 9.53 Å². The van der Waals surface area contributed by atoms with Crippen LogP contribution < -0.4 is 15.2 Å². The van der Waals surface area contributed by atoms with Gasteiger partial charge >= 0.3 is 0 Å². The monoisotopic (exact) mass is 440 g/mol. The third-order valence-corrected chi connectivity index (χ3v) is 6.18. The molecule has 164 valence electrons. The van der Waals surface area contributed by atoms with Crippen molar-refractivity contribution in [2.24, 2.45) is 11.0 Å². The number of benzene rings is 2. The zero-order chi connectivity index (χ0) is 21.8. The van der Waals surface area contributed by atoms with Gasteiger partial charge in [0.25, 0.3) is 5.91 Å². The molecule has 6 nitrogen and oxygen atoms in total. The van der Waals surface area contributed by atoms with Gasteiger partial charge in [0, 0.05) is 19.0 Å². The number of nitrogens with one attached hydrogen (secondary N) is 1. The van der Waals surface area contributed by atoms with Crippen LogP contribution in [0.1, 0.15) is 44.7 Å². The predicted octanol–water partition coefficient (Wildman–Crippen LogP) is 4.81. The molecular weight excluding hydrogens is 412 g/mol. The van der Waals surface area contributed by atoms with Crippen LogP contribution in [0.3, 0.4) is 0 Å². The molecule has 0 spiro atoms. The highest BCUT2D eigenvalue weighted by molar-refractivity contribution is 6.40. The Balaban J connectivity index is 1.64. The molecule has 2 aliphatic heterocycles. The Kier molecular flexibility index (Phi) is 6.78. The number of anilines is 1. The molecule has 2 aromatic rings. The molecule has 2 heterocycles. The Morgan fingerprint density at radius 1 is 1.13 bits per heavy atom. The van der Waals surface area contributed by atoms with Crippen LogP contribution >= 0.6 is 11.6 Å². The van der Waals surface area contributed by atoms with Gasteiger partial charge in [-0.3, -0.25) is 15.2 Å². The molecule has 0 aliphatic carbocycles. The molecule has 4 rings (SSSR count). The number of carbonyl (C=O) groups is 1. The third-order valence-electron chi connectivity index (χ3n) is 5.86. The van der Waals surface area contributed by atoms with Crippen molar-refractivity contribution in [1.29, 1.82) is 0 Å². The highest BCUT2D eigenvalue weighted by Gasteiger charge is 2.40. The summed E-state index contributed by atoms with van der Waals surface area (Å²) in [5.41, 5.74) is 5.42. The summed E-state index contributed by atoms with van der Waals surface area (Å²) in [5.74, 6) is 0.573. The van der Waals surface area contributed by atoms with Gasteiger partial charge in [0.05, 0.1) is 23.4 Å². The number of hydrogen-bond donors (Lipinski definition) is 1. The number of amides is 1. The molecule has 1 saturated heterocycles. The van der Waals surface area contributed by atoms with E-state index in [0.29, 0.717) is 17.3 Å². The van der Waals surface area contributed by atoms with Gasteiger partial charge in [-0.15, -0.1) is 0 Å². The zero-order valence-corrected chi connectivity index (χ0v) is 18.8. The SMILES string of the molecule is CCOc1ccc(C2C(C)C(C(=O)NN3CCCCC3)=NN2c2ccccc2Cl)cc1. The third kappa shape index (κ3) is 4.70. The van der Waals surface area contributed by atoms with E-state index in [4.69, 9.17) is 21.4 Å². The first-order valence-corrected chi connectivity index (χ1v) is 11.4. The van der Waals surface area contributed by atoms with Gasteiger partial charge in [0.2, 0.25) is 0 Å². The lowest BCUT2D eigenvalue weighted by molar-refractivity contribution is -0.120. The predicted molar refractivity (Wildman–Crippen MR) is 124 cm³/mol. The molecule has 0 aromatic heterocycles. The number of hydrazone groups is 1. The number of rotatable bonds is 6. The standard InChI is InChI=1S/C24H29ClN4O2/c1-3-31-19-13-11-18(12-14-19)23-17(2)22(24(30)27-28-15-7-4-8-16-28)26-29(23)21-10-6-5-9-20(21)25/h5-6,9-14,17,23H,3-4,7-8,15-16H2,1-2H3,(H,27,30). The van der Waals surface area contributed by atoms with E-state index in [1.54, 1.807) is 0 Å². The van der Waals surface area contributed by atoms with Crippen LogP contribution in [0.25, 0.3) is 0 Å². The Morgan fingerprint density at radius 3 is 2.52 bits per heavy atom. The van der Waals surface area contributed by atoms with Crippen molar-refractivity contribution in [1.82, 2.24) is 10.4 Å². The molecule has 0 bridgehead atoms. The van der Waals surface area contributed by atoms with Gasteiger partial charge in [-0.1, -0.05) is 49.2 Å². The fourth-order valence-corrected chi connectivity index (χ4v) is 4.51. The highest BCUT2D eigenvalue weighted by Crippen LogP contribution is 2.42. The average molecular weight is 441 g/mol. The first-order valence-electron chi connectivity index (χ1n) is 11.0. The molecular formula is C24H29ClN4O2. The lowest BCUT2D eigenvalue weighted by Gasteiger charge is -2.28. The van der Waals surface area contributed by atoms with Crippen molar-refractivity contribution in [3.05, 3.63) is 59.1 Å². The minimum Gasteiger partial charge on any atom is -0.494 e. The molecule has 31 heavy (non-hydrogen) atoms. The second-order valence-corrected chi connectivity index (χ2v) is 8.41. The average Bonchev–Trinajstić information content (AvgIpc) is 3.12.